The lowest BCUT2D eigenvalue weighted by Gasteiger charge is -2.42. The number of benzene rings is 2. The first kappa shape index (κ1) is 28.0. The summed E-state index contributed by atoms with van der Waals surface area (Å²) >= 11 is 0. The number of carbonyl (C=O) groups is 3. The van der Waals surface area contributed by atoms with Crippen LogP contribution in [0, 0.1) is 12.7 Å². The molecule has 1 unspecified atom stereocenters. The van der Waals surface area contributed by atoms with Crippen LogP contribution >= 0.6 is 0 Å². The number of nitrogens with zero attached hydrogens (tertiary/aromatic N) is 1. The van der Waals surface area contributed by atoms with Crippen LogP contribution < -0.4 is 5.32 Å². The maximum atomic E-state index is 14.0. The number of likely N-dealkylation sites (N-methyl/N-ethyl adjacent to an activating group) is 1. The largest absolute Gasteiger partial charge is 0.465 e. The molecule has 7 nitrogen and oxygen atoms in total. The van der Waals surface area contributed by atoms with E-state index < -0.39 is 17.8 Å². The van der Waals surface area contributed by atoms with Crippen LogP contribution in [-0.2, 0) is 25.7 Å². The van der Waals surface area contributed by atoms with Crippen LogP contribution in [0.4, 0.5) is 10.1 Å². The molecule has 0 bridgehead atoms. The summed E-state index contributed by atoms with van der Waals surface area (Å²) < 4.78 is 24.5. The Morgan fingerprint density at radius 2 is 1.71 bits per heavy atom. The lowest BCUT2D eigenvalue weighted by Crippen LogP contribution is -2.62. The predicted octanol–water partition coefficient (Wildman–Crippen LogP) is 4.63. The number of aryl methyl sites for hydroxylation is 1. The molecule has 0 aliphatic carbocycles. The maximum absolute atomic E-state index is 14.0. The van der Waals surface area contributed by atoms with Gasteiger partial charge in [0.05, 0.1) is 31.5 Å². The molecule has 2 rings (SSSR count). The second kappa shape index (κ2) is 13.0. The molecule has 0 aromatic heterocycles. The Morgan fingerprint density at radius 1 is 1.06 bits per heavy atom. The molecule has 0 aliphatic heterocycles. The van der Waals surface area contributed by atoms with Crippen molar-refractivity contribution in [1.29, 1.82) is 0 Å². The van der Waals surface area contributed by atoms with E-state index in [2.05, 4.69) is 5.32 Å². The van der Waals surface area contributed by atoms with Crippen molar-refractivity contribution in [2.24, 2.45) is 0 Å². The number of carbonyl (C=O) groups excluding carboxylic acids is 3. The molecule has 0 fully saturated rings. The SMILES string of the molecule is CCCC(C(=O)Nc1c(C)cc(F)cc1C(=O)OC)[N+](CC)(CC)CC(=O)OCc1ccccc1. The maximum Gasteiger partial charge on any atom is 0.362 e. The van der Waals surface area contributed by atoms with E-state index in [4.69, 9.17) is 9.47 Å². The molecule has 8 heteroatoms. The van der Waals surface area contributed by atoms with Gasteiger partial charge < -0.3 is 19.3 Å². The average molecular weight is 488 g/mol. The topological polar surface area (TPSA) is 81.7 Å². The number of amides is 1. The lowest BCUT2D eigenvalue weighted by molar-refractivity contribution is -0.933. The molecule has 0 saturated heterocycles. The number of hydrogen-bond acceptors (Lipinski definition) is 5. The number of anilines is 1. The molecule has 1 amide bonds. The van der Waals surface area contributed by atoms with Gasteiger partial charge in [-0.1, -0.05) is 37.3 Å². The molecular formula is C27H36FN2O5+. The van der Waals surface area contributed by atoms with Gasteiger partial charge in [0.2, 0.25) is 0 Å². The molecule has 0 radical (unpaired) electrons. The van der Waals surface area contributed by atoms with E-state index in [1.807, 2.05) is 51.1 Å². The van der Waals surface area contributed by atoms with Gasteiger partial charge >= 0.3 is 11.9 Å². The van der Waals surface area contributed by atoms with E-state index in [0.29, 0.717) is 31.5 Å². The van der Waals surface area contributed by atoms with E-state index in [1.165, 1.54) is 13.2 Å². The third-order valence-electron chi connectivity index (χ3n) is 6.43. The summed E-state index contributed by atoms with van der Waals surface area (Å²) in [5.41, 5.74) is 1.45. The molecule has 1 atom stereocenters. The van der Waals surface area contributed by atoms with E-state index >= 15 is 0 Å². The summed E-state index contributed by atoms with van der Waals surface area (Å²) in [4.78, 5) is 38.7. The molecule has 0 heterocycles. The van der Waals surface area contributed by atoms with Crippen molar-refractivity contribution in [2.75, 3.05) is 32.1 Å². The highest BCUT2D eigenvalue weighted by molar-refractivity contribution is 6.03. The van der Waals surface area contributed by atoms with Gasteiger partial charge in [-0.25, -0.2) is 14.0 Å². The van der Waals surface area contributed by atoms with Crippen LogP contribution in [0.15, 0.2) is 42.5 Å². The van der Waals surface area contributed by atoms with E-state index in [9.17, 15) is 18.8 Å². The van der Waals surface area contributed by atoms with Gasteiger partial charge in [-0.05, 0) is 50.5 Å². The van der Waals surface area contributed by atoms with Crippen molar-refractivity contribution in [3.8, 4) is 0 Å². The van der Waals surface area contributed by atoms with Crippen molar-refractivity contribution in [3.05, 3.63) is 65.0 Å². The first-order valence-electron chi connectivity index (χ1n) is 12.0. The van der Waals surface area contributed by atoms with Gasteiger partial charge in [0.15, 0.2) is 12.6 Å². The number of nitrogens with one attached hydrogen (secondary N) is 1. The Kier molecular flexibility index (Phi) is 10.4. The summed E-state index contributed by atoms with van der Waals surface area (Å²) in [6, 6.07) is 11.1. The second-order valence-corrected chi connectivity index (χ2v) is 8.59. The van der Waals surface area contributed by atoms with Crippen LogP contribution in [0.2, 0.25) is 0 Å². The highest BCUT2D eigenvalue weighted by atomic mass is 19.1. The fourth-order valence-corrected chi connectivity index (χ4v) is 4.35. The second-order valence-electron chi connectivity index (χ2n) is 8.59. The Bertz CT molecular complexity index is 1020. The van der Waals surface area contributed by atoms with E-state index in [0.717, 1.165) is 11.6 Å². The van der Waals surface area contributed by atoms with Gasteiger partial charge in [0.25, 0.3) is 5.91 Å². The zero-order chi connectivity index (χ0) is 26.0. The number of halogens is 1. The third kappa shape index (κ3) is 7.11. The summed E-state index contributed by atoms with van der Waals surface area (Å²) in [5.74, 6) is -2.07. The van der Waals surface area contributed by atoms with Crippen LogP contribution in [0.1, 0.15) is 55.1 Å². The zero-order valence-corrected chi connectivity index (χ0v) is 21.2. The third-order valence-corrected chi connectivity index (χ3v) is 6.43. The normalized spacial score (nSPS) is 12.1. The van der Waals surface area contributed by atoms with Crippen LogP contribution in [-0.4, -0.2) is 55.1 Å². The molecule has 0 saturated carbocycles. The van der Waals surface area contributed by atoms with Gasteiger partial charge in [-0.2, -0.15) is 0 Å². The van der Waals surface area contributed by atoms with Gasteiger partial charge in [-0.3, -0.25) is 4.79 Å². The number of hydrogen-bond donors (Lipinski definition) is 1. The molecule has 190 valence electrons. The fraction of sp³-hybridized carbons (Fsp3) is 0.444. The van der Waals surface area contributed by atoms with Crippen molar-refractivity contribution < 1.29 is 32.7 Å². The molecule has 35 heavy (non-hydrogen) atoms. The summed E-state index contributed by atoms with van der Waals surface area (Å²) in [7, 11) is 1.20. The van der Waals surface area contributed by atoms with Gasteiger partial charge in [0.1, 0.15) is 12.4 Å². The Hall–Kier alpha value is -3.26. The minimum atomic E-state index is -0.744. The number of rotatable bonds is 12. The monoisotopic (exact) mass is 487 g/mol. The standard InChI is InChI=1S/C27H35FN2O5/c1-6-12-23(26(32)29-25-19(4)15-21(28)16-22(25)27(33)34-5)30(7-2,8-3)17-24(31)35-18-20-13-10-9-11-14-20/h9-11,13-16,23H,6-8,12,17-18H2,1-5H3/p+1. The molecule has 1 N–H and O–H groups in total. The number of quaternary nitrogens is 1. The Balaban J connectivity index is 2.30. The van der Waals surface area contributed by atoms with Crippen molar-refractivity contribution in [2.45, 2.75) is 53.2 Å². The van der Waals surface area contributed by atoms with E-state index in [1.54, 1.807) is 6.92 Å². The fourth-order valence-electron chi connectivity index (χ4n) is 4.35. The minimum absolute atomic E-state index is 0.0319. The highest BCUT2D eigenvalue weighted by Gasteiger charge is 2.41. The number of ether oxygens (including phenoxy) is 2. The molecule has 2 aromatic carbocycles. The predicted molar refractivity (Wildman–Crippen MR) is 132 cm³/mol. The first-order chi connectivity index (χ1) is 16.7. The van der Waals surface area contributed by atoms with Crippen LogP contribution in [0.5, 0.6) is 0 Å². The molecule has 0 spiro atoms. The average Bonchev–Trinajstić information content (AvgIpc) is 2.86. The molecule has 0 aliphatic rings. The van der Waals surface area contributed by atoms with Gasteiger partial charge in [-0.15, -0.1) is 0 Å². The smallest absolute Gasteiger partial charge is 0.362 e. The lowest BCUT2D eigenvalue weighted by atomic mass is 10.0. The molecular weight excluding hydrogens is 451 g/mol. The Morgan fingerprint density at radius 3 is 2.29 bits per heavy atom. The van der Waals surface area contributed by atoms with Crippen molar-refractivity contribution >= 4 is 23.5 Å². The zero-order valence-electron chi connectivity index (χ0n) is 21.2. The quantitative estimate of drug-likeness (QED) is 0.349. The van der Waals surface area contributed by atoms with Gasteiger partial charge in [0, 0.05) is 6.42 Å². The van der Waals surface area contributed by atoms with Crippen molar-refractivity contribution in [1.82, 2.24) is 0 Å². The summed E-state index contributed by atoms with van der Waals surface area (Å²) in [5, 5.41) is 2.84. The van der Waals surface area contributed by atoms with Crippen LogP contribution in [0.3, 0.4) is 0 Å². The van der Waals surface area contributed by atoms with Crippen molar-refractivity contribution in [3.63, 3.8) is 0 Å². The Labute approximate surface area is 206 Å². The summed E-state index contributed by atoms with van der Waals surface area (Å²) in [6.45, 7) is 8.71. The van der Waals surface area contributed by atoms with Crippen LogP contribution in [0.25, 0.3) is 0 Å². The number of methoxy groups -OCH3 is 1. The summed E-state index contributed by atoms with van der Waals surface area (Å²) in [6.07, 6.45) is 1.23. The number of esters is 2. The molecule has 2 aromatic rings. The first-order valence-corrected chi connectivity index (χ1v) is 12.0. The van der Waals surface area contributed by atoms with E-state index in [-0.39, 0.29) is 40.8 Å². The highest BCUT2D eigenvalue weighted by Crippen LogP contribution is 2.26. The minimum Gasteiger partial charge on any atom is -0.465 e.